The van der Waals surface area contributed by atoms with Crippen LogP contribution in [0.5, 0.6) is 11.5 Å². The average molecular weight is 450 g/mol. The zero-order chi connectivity index (χ0) is 23.4. The molecule has 4 rings (SSSR count). The first-order valence-electron chi connectivity index (χ1n) is 10.5. The van der Waals surface area contributed by atoms with E-state index in [1.165, 1.54) is 0 Å². The predicted molar refractivity (Wildman–Crippen MR) is 124 cm³/mol. The molecule has 172 valence electrons. The number of aromatic amines is 1. The maximum absolute atomic E-state index is 12.6. The van der Waals surface area contributed by atoms with Crippen LogP contribution in [-0.2, 0) is 4.74 Å². The van der Waals surface area contributed by atoms with Gasteiger partial charge in [0.2, 0.25) is 0 Å². The van der Waals surface area contributed by atoms with Crippen LogP contribution in [0.2, 0.25) is 0 Å². The number of carbonyl (C=O) groups is 1. The molecule has 1 unspecified atom stereocenters. The lowest BCUT2D eigenvalue weighted by Gasteiger charge is -2.19. The van der Waals surface area contributed by atoms with Gasteiger partial charge in [-0.2, -0.15) is 0 Å². The van der Waals surface area contributed by atoms with E-state index >= 15 is 0 Å². The standard InChI is InChI=1S/C23H26N6O4/c1-4-33-23(30)15-5-6-21(28-22(15)27-17(11-24)14-7-8-25-12-14)29-13-26-16-9-19(31-2)20(32-3)10-18(16)29/h5-10,12-13,17,25H,4,11,24H2,1-3H3,(H,27,28). The van der Waals surface area contributed by atoms with Crippen LogP contribution >= 0.6 is 0 Å². The zero-order valence-corrected chi connectivity index (χ0v) is 18.7. The summed E-state index contributed by atoms with van der Waals surface area (Å²) in [6, 6.07) is 8.71. The van der Waals surface area contributed by atoms with Crippen LogP contribution in [0, 0.1) is 0 Å². The third-order valence-corrected chi connectivity index (χ3v) is 5.25. The van der Waals surface area contributed by atoms with Gasteiger partial charge in [-0.05, 0) is 30.7 Å². The second kappa shape index (κ2) is 9.61. The number of fused-ring (bicyclic) bond motifs is 1. The Morgan fingerprint density at radius 3 is 2.67 bits per heavy atom. The second-order valence-corrected chi connectivity index (χ2v) is 7.17. The number of hydrogen-bond acceptors (Lipinski definition) is 8. The zero-order valence-electron chi connectivity index (χ0n) is 18.7. The third-order valence-electron chi connectivity index (χ3n) is 5.25. The summed E-state index contributed by atoms with van der Waals surface area (Å²) in [5.41, 5.74) is 8.76. The lowest BCUT2D eigenvalue weighted by Crippen LogP contribution is -2.23. The lowest BCUT2D eigenvalue weighted by atomic mass is 10.1. The quantitative estimate of drug-likeness (QED) is 0.332. The van der Waals surface area contributed by atoms with Gasteiger partial charge in [-0.3, -0.25) is 4.57 Å². The molecule has 0 saturated heterocycles. The average Bonchev–Trinajstić information content (AvgIpc) is 3.51. The highest BCUT2D eigenvalue weighted by atomic mass is 16.5. The van der Waals surface area contributed by atoms with Crippen molar-refractivity contribution in [2.75, 3.05) is 32.7 Å². The largest absolute Gasteiger partial charge is 0.493 e. The minimum Gasteiger partial charge on any atom is -0.493 e. The van der Waals surface area contributed by atoms with E-state index in [2.05, 4.69) is 15.3 Å². The molecule has 0 aliphatic rings. The Kier molecular flexibility index (Phi) is 6.45. The monoisotopic (exact) mass is 450 g/mol. The van der Waals surface area contributed by atoms with Crippen molar-refractivity contribution in [2.45, 2.75) is 13.0 Å². The van der Waals surface area contributed by atoms with Crippen molar-refractivity contribution in [2.24, 2.45) is 5.73 Å². The van der Waals surface area contributed by atoms with Crippen LogP contribution in [0.25, 0.3) is 16.9 Å². The number of imidazole rings is 1. The Morgan fingerprint density at radius 2 is 2.00 bits per heavy atom. The minimum absolute atomic E-state index is 0.254. The molecule has 3 aromatic heterocycles. The lowest BCUT2D eigenvalue weighted by molar-refractivity contribution is 0.0527. The van der Waals surface area contributed by atoms with E-state index in [9.17, 15) is 4.79 Å². The number of ether oxygens (including phenoxy) is 3. The van der Waals surface area contributed by atoms with Crippen LogP contribution in [0.3, 0.4) is 0 Å². The highest BCUT2D eigenvalue weighted by Crippen LogP contribution is 2.33. The summed E-state index contributed by atoms with van der Waals surface area (Å²) >= 11 is 0. The minimum atomic E-state index is -0.467. The molecule has 0 fully saturated rings. The maximum atomic E-state index is 12.6. The van der Waals surface area contributed by atoms with Crippen molar-refractivity contribution in [1.29, 1.82) is 0 Å². The predicted octanol–water partition coefficient (Wildman–Crippen LogP) is 3.05. The summed E-state index contributed by atoms with van der Waals surface area (Å²) in [4.78, 5) is 24.8. The molecule has 0 aliphatic carbocycles. The highest BCUT2D eigenvalue weighted by molar-refractivity contribution is 5.95. The number of aromatic nitrogens is 4. The van der Waals surface area contributed by atoms with Gasteiger partial charge >= 0.3 is 5.97 Å². The summed E-state index contributed by atoms with van der Waals surface area (Å²) in [5, 5.41) is 3.29. The SMILES string of the molecule is CCOC(=O)c1ccc(-n2cnc3cc(OC)c(OC)cc32)nc1NC(CN)c1cc[nH]c1. The highest BCUT2D eigenvalue weighted by Gasteiger charge is 2.20. The fourth-order valence-corrected chi connectivity index (χ4v) is 3.58. The van der Waals surface area contributed by atoms with Gasteiger partial charge in [-0.15, -0.1) is 0 Å². The Hall–Kier alpha value is -4.05. The fourth-order valence-electron chi connectivity index (χ4n) is 3.58. The molecule has 33 heavy (non-hydrogen) atoms. The second-order valence-electron chi connectivity index (χ2n) is 7.17. The molecule has 10 heteroatoms. The maximum Gasteiger partial charge on any atom is 0.341 e. The summed E-state index contributed by atoms with van der Waals surface area (Å²) < 4.78 is 17.8. The first-order valence-corrected chi connectivity index (χ1v) is 10.5. The number of carbonyl (C=O) groups excluding carboxylic acids is 1. The van der Waals surface area contributed by atoms with Crippen LogP contribution in [0.1, 0.15) is 28.9 Å². The van der Waals surface area contributed by atoms with Crippen LogP contribution < -0.4 is 20.5 Å². The third kappa shape index (κ3) is 4.33. The number of nitrogens with two attached hydrogens (primary N) is 1. The van der Waals surface area contributed by atoms with Crippen molar-refractivity contribution in [3.8, 4) is 17.3 Å². The summed E-state index contributed by atoms with van der Waals surface area (Å²) in [5.74, 6) is 1.62. The molecule has 4 aromatic rings. The van der Waals surface area contributed by atoms with E-state index in [4.69, 9.17) is 24.9 Å². The molecule has 0 spiro atoms. The molecule has 0 bridgehead atoms. The number of H-pyrrole nitrogens is 1. The van der Waals surface area contributed by atoms with E-state index in [0.29, 0.717) is 40.8 Å². The van der Waals surface area contributed by atoms with Crippen molar-refractivity contribution in [3.63, 3.8) is 0 Å². The Morgan fingerprint density at radius 1 is 1.21 bits per heavy atom. The molecular formula is C23H26N6O4. The van der Waals surface area contributed by atoms with Gasteiger partial charge < -0.3 is 30.2 Å². The number of hydrogen-bond donors (Lipinski definition) is 3. The molecule has 1 atom stereocenters. The number of pyridine rings is 1. The number of nitrogens with zero attached hydrogens (tertiary/aromatic N) is 3. The number of anilines is 1. The summed E-state index contributed by atoms with van der Waals surface area (Å²) in [6.45, 7) is 2.32. The number of nitrogens with one attached hydrogen (secondary N) is 2. The Balaban J connectivity index is 1.80. The van der Waals surface area contributed by atoms with E-state index in [1.807, 2.05) is 29.1 Å². The van der Waals surface area contributed by atoms with Crippen LogP contribution in [0.4, 0.5) is 5.82 Å². The van der Waals surface area contributed by atoms with Gasteiger partial charge in [0.1, 0.15) is 23.5 Å². The molecule has 0 amide bonds. The van der Waals surface area contributed by atoms with Crippen molar-refractivity contribution in [3.05, 3.63) is 60.2 Å². The molecule has 0 aliphatic heterocycles. The summed E-state index contributed by atoms with van der Waals surface area (Å²) in [6.07, 6.45) is 5.32. The number of methoxy groups -OCH3 is 2. The number of rotatable bonds is 9. The van der Waals surface area contributed by atoms with Gasteiger partial charge in [0.25, 0.3) is 0 Å². The molecular weight excluding hydrogens is 424 g/mol. The van der Waals surface area contributed by atoms with E-state index in [1.54, 1.807) is 45.7 Å². The van der Waals surface area contributed by atoms with Crippen LogP contribution in [0.15, 0.2) is 49.1 Å². The molecule has 0 radical (unpaired) electrons. The van der Waals surface area contributed by atoms with Crippen molar-refractivity contribution in [1.82, 2.24) is 19.5 Å². The van der Waals surface area contributed by atoms with Gasteiger partial charge in [0, 0.05) is 31.1 Å². The fraction of sp³-hybridized carbons (Fsp3) is 0.261. The van der Waals surface area contributed by atoms with E-state index < -0.39 is 5.97 Å². The smallest absolute Gasteiger partial charge is 0.341 e. The first kappa shape index (κ1) is 22.2. The van der Waals surface area contributed by atoms with Crippen LogP contribution in [-0.4, -0.2) is 52.9 Å². The normalized spacial score (nSPS) is 11.9. The van der Waals surface area contributed by atoms with Crippen molar-refractivity contribution < 1.29 is 19.0 Å². The molecule has 10 nitrogen and oxygen atoms in total. The molecule has 0 saturated carbocycles. The van der Waals surface area contributed by atoms with Crippen molar-refractivity contribution >= 4 is 22.8 Å². The Bertz CT molecular complexity index is 1250. The topological polar surface area (TPSA) is 129 Å². The van der Waals surface area contributed by atoms with E-state index in [-0.39, 0.29) is 12.6 Å². The molecule has 3 heterocycles. The summed E-state index contributed by atoms with van der Waals surface area (Å²) in [7, 11) is 3.15. The van der Waals surface area contributed by atoms with Gasteiger partial charge in [-0.25, -0.2) is 14.8 Å². The molecule has 4 N–H and O–H groups in total. The number of esters is 1. The Labute approximate surface area is 190 Å². The van der Waals surface area contributed by atoms with E-state index in [0.717, 1.165) is 11.1 Å². The molecule has 1 aromatic carbocycles. The van der Waals surface area contributed by atoms with Gasteiger partial charge in [0.15, 0.2) is 11.5 Å². The van der Waals surface area contributed by atoms with Gasteiger partial charge in [-0.1, -0.05) is 0 Å². The number of benzene rings is 1. The first-order chi connectivity index (χ1) is 16.1. The van der Waals surface area contributed by atoms with Gasteiger partial charge in [0.05, 0.1) is 37.9 Å².